The number of nitrogen functional groups attached to an aromatic ring is 1. The molecule has 6 nitrogen and oxygen atoms in total. The van der Waals surface area contributed by atoms with Gasteiger partial charge in [0.15, 0.2) is 0 Å². The van der Waals surface area contributed by atoms with Crippen molar-refractivity contribution in [1.29, 1.82) is 0 Å². The Morgan fingerprint density at radius 3 is 2.72 bits per heavy atom. The van der Waals surface area contributed by atoms with Crippen molar-refractivity contribution in [3.8, 4) is 5.88 Å². The van der Waals surface area contributed by atoms with Gasteiger partial charge < -0.3 is 20.5 Å². The fraction of sp³-hybridized carbons (Fsp3) is 0.500. The second-order valence-electron chi connectivity index (χ2n) is 4.38. The Labute approximate surface area is 105 Å². The van der Waals surface area contributed by atoms with Crippen LogP contribution in [0.4, 0.5) is 10.5 Å². The van der Waals surface area contributed by atoms with Crippen molar-refractivity contribution < 1.29 is 14.6 Å². The Morgan fingerprint density at radius 1 is 1.50 bits per heavy atom. The third kappa shape index (κ3) is 2.47. The van der Waals surface area contributed by atoms with E-state index < -0.39 is 6.09 Å². The minimum absolute atomic E-state index is 0.273. The second kappa shape index (κ2) is 5.12. The molecule has 1 aliphatic heterocycles. The van der Waals surface area contributed by atoms with Gasteiger partial charge >= 0.3 is 6.09 Å². The number of methoxy groups -OCH3 is 1. The normalized spacial score (nSPS) is 16.6. The zero-order valence-corrected chi connectivity index (χ0v) is 10.3. The topological polar surface area (TPSA) is 88.7 Å². The summed E-state index contributed by atoms with van der Waals surface area (Å²) in [5.41, 5.74) is 7.16. The van der Waals surface area contributed by atoms with E-state index in [4.69, 9.17) is 15.6 Å². The summed E-state index contributed by atoms with van der Waals surface area (Å²) in [6, 6.07) is 3.67. The summed E-state index contributed by atoms with van der Waals surface area (Å²) in [4.78, 5) is 16.6. The minimum atomic E-state index is -0.851. The Kier molecular flexibility index (Phi) is 3.55. The number of rotatable bonds is 2. The van der Waals surface area contributed by atoms with Crippen molar-refractivity contribution in [3.63, 3.8) is 0 Å². The van der Waals surface area contributed by atoms with Crippen LogP contribution in [0.1, 0.15) is 24.5 Å². The first kappa shape index (κ1) is 12.5. The highest BCUT2D eigenvalue weighted by Gasteiger charge is 2.24. The maximum Gasteiger partial charge on any atom is 0.407 e. The van der Waals surface area contributed by atoms with Crippen LogP contribution in [0.2, 0.25) is 0 Å². The smallest absolute Gasteiger partial charge is 0.407 e. The number of nitrogens with zero attached hydrogens (tertiary/aromatic N) is 2. The van der Waals surface area contributed by atoms with Crippen molar-refractivity contribution >= 4 is 11.8 Å². The number of hydrogen-bond acceptors (Lipinski definition) is 4. The molecule has 2 rings (SSSR count). The molecule has 2 heterocycles. The molecule has 1 saturated heterocycles. The molecule has 0 atom stereocenters. The predicted molar refractivity (Wildman–Crippen MR) is 66.8 cm³/mol. The van der Waals surface area contributed by atoms with E-state index in [2.05, 4.69) is 4.98 Å². The minimum Gasteiger partial charge on any atom is -0.480 e. The van der Waals surface area contributed by atoms with Gasteiger partial charge in [-0.3, -0.25) is 0 Å². The lowest BCUT2D eigenvalue weighted by Crippen LogP contribution is -2.36. The van der Waals surface area contributed by atoms with Gasteiger partial charge in [0.1, 0.15) is 0 Å². The first-order valence-corrected chi connectivity index (χ1v) is 5.90. The van der Waals surface area contributed by atoms with Crippen LogP contribution in [0.3, 0.4) is 0 Å². The Balaban J connectivity index is 2.07. The number of carboxylic acid groups (broad SMARTS) is 1. The monoisotopic (exact) mass is 251 g/mol. The molecule has 0 aromatic carbocycles. The molecule has 98 valence electrons. The van der Waals surface area contributed by atoms with Gasteiger partial charge in [0, 0.05) is 24.7 Å². The third-order valence-electron chi connectivity index (χ3n) is 3.29. The third-order valence-corrected chi connectivity index (χ3v) is 3.29. The molecule has 1 fully saturated rings. The van der Waals surface area contributed by atoms with E-state index >= 15 is 0 Å². The lowest BCUT2D eigenvalue weighted by Gasteiger charge is -2.29. The molecule has 18 heavy (non-hydrogen) atoms. The van der Waals surface area contributed by atoms with Crippen LogP contribution in [0.5, 0.6) is 5.88 Å². The van der Waals surface area contributed by atoms with Gasteiger partial charge in [-0.25, -0.2) is 9.78 Å². The standard InChI is InChI=1S/C12H17N3O3/c1-18-11-9(13)2-3-10(14-11)8-4-6-15(7-5-8)12(16)17/h2-3,8H,4-7,13H2,1H3,(H,16,17). The molecule has 0 spiro atoms. The lowest BCUT2D eigenvalue weighted by atomic mass is 9.93. The first-order valence-electron chi connectivity index (χ1n) is 5.90. The van der Waals surface area contributed by atoms with Gasteiger partial charge in [-0.05, 0) is 25.0 Å². The average Bonchev–Trinajstić information content (AvgIpc) is 2.39. The van der Waals surface area contributed by atoms with E-state index in [1.54, 1.807) is 6.07 Å². The Morgan fingerprint density at radius 2 is 2.17 bits per heavy atom. The van der Waals surface area contributed by atoms with Gasteiger partial charge in [-0.1, -0.05) is 0 Å². The number of aromatic nitrogens is 1. The van der Waals surface area contributed by atoms with E-state index in [-0.39, 0.29) is 5.92 Å². The molecule has 1 amide bonds. The zero-order valence-electron chi connectivity index (χ0n) is 10.3. The molecule has 1 aromatic heterocycles. The molecule has 0 bridgehead atoms. The van der Waals surface area contributed by atoms with Crippen LogP contribution < -0.4 is 10.5 Å². The predicted octanol–water partition coefficient (Wildman–Crippen LogP) is 1.53. The number of ether oxygens (including phenoxy) is 1. The summed E-state index contributed by atoms with van der Waals surface area (Å²) in [6.45, 7) is 1.10. The van der Waals surface area contributed by atoms with Crippen molar-refractivity contribution in [1.82, 2.24) is 9.88 Å². The summed E-state index contributed by atoms with van der Waals surface area (Å²) >= 11 is 0. The summed E-state index contributed by atoms with van der Waals surface area (Å²) < 4.78 is 5.10. The van der Waals surface area contributed by atoms with Crippen LogP contribution >= 0.6 is 0 Å². The van der Waals surface area contributed by atoms with Gasteiger partial charge in [0.05, 0.1) is 12.8 Å². The van der Waals surface area contributed by atoms with Crippen LogP contribution in [0.25, 0.3) is 0 Å². The Hall–Kier alpha value is -1.98. The molecule has 0 radical (unpaired) electrons. The molecule has 0 unspecified atom stereocenters. The summed E-state index contributed by atoms with van der Waals surface area (Å²) in [6.07, 6.45) is 0.718. The average molecular weight is 251 g/mol. The highest BCUT2D eigenvalue weighted by Crippen LogP contribution is 2.29. The number of amides is 1. The highest BCUT2D eigenvalue weighted by molar-refractivity contribution is 5.65. The summed E-state index contributed by atoms with van der Waals surface area (Å²) in [7, 11) is 1.54. The fourth-order valence-corrected chi connectivity index (χ4v) is 2.22. The zero-order chi connectivity index (χ0) is 13.1. The maximum absolute atomic E-state index is 10.8. The number of piperidine rings is 1. The molecule has 1 aromatic rings. The van der Waals surface area contributed by atoms with Crippen molar-refractivity contribution in [2.45, 2.75) is 18.8 Å². The Bertz CT molecular complexity index is 442. The molecule has 1 aliphatic rings. The SMILES string of the molecule is COc1nc(C2CCN(C(=O)O)CC2)ccc1N. The largest absolute Gasteiger partial charge is 0.480 e. The number of anilines is 1. The fourth-order valence-electron chi connectivity index (χ4n) is 2.22. The van der Waals surface area contributed by atoms with E-state index in [1.165, 1.54) is 12.0 Å². The summed E-state index contributed by atoms with van der Waals surface area (Å²) in [5, 5.41) is 8.89. The molecule has 6 heteroatoms. The number of nitrogens with two attached hydrogens (primary N) is 1. The van der Waals surface area contributed by atoms with Gasteiger partial charge in [0.2, 0.25) is 5.88 Å². The molecular formula is C12H17N3O3. The van der Waals surface area contributed by atoms with Crippen LogP contribution in [0, 0.1) is 0 Å². The van der Waals surface area contributed by atoms with Crippen LogP contribution in [-0.2, 0) is 0 Å². The van der Waals surface area contributed by atoms with E-state index in [1.807, 2.05) is 6.07 Å². The van der Waals surface area contributed by atoms with Gasteiger partial charge in [-0.15, -0.1) is 0 Å². The quantitative estimate of drug-likeness (QED) is 0.832. The van der Waals surface area contributed by atoms with E-state index in [9.17, 15) is 4.79 Å². The second-order valence-corrected chi connectivity index (χ2v) is 4.38. The number of carbonyl (C=O) groups is 1. The highest BCUT2D eigenvalue weighted by atomic mass is 16.5. The molecule has 0 saturated carbocycles. The maximum atomic E-state index is 10.8. The first-order chi connectivity index (χ1) is 8.61. The van der Waals surface area contributed by atoms with Crippen LogP contribution in [0.15, 0.2) is 12.1 Å². The van der Waals surface area contributed by atoms with Gasteiger partial charge in [-0.2, -0.15) is 0 Å². The summed E-state index contributed by atoms with van der Waals surface area (Å²) in [5.74, 6) is 0.711. The molecule has 0 aliphatic carbocycles. The number of hydrogen-bond donors (Lipinski definition) is 2. The number of pyridine rings is 1. The van der Waals surface area contributed by atoms with Crippen molar-refractivity contribution in [2.75, 3.05) is 25.9 Å². The number of likely N-dealkylation sites (tertiary alicyclic amines) is 1. The van der Waals surface area contributed by atoms with Crippen molar-refractivity contribution in [2.24, 2.45) is 0 Å². The lowest BCUT2D eigenvalue weighted by molar-refractivity contribution is 0.131. The molecular weight excluding hydrogens is 234 g/mol. The molecule has 3 N–H and O–H groups in total. The van der Waals surface area contributed by atoms with E-state index in [0.29, 0.717) is 24.7 Å². The van der Waals surface area contributed by atoms with Gasteiger partial charge in [0.25, 0.3) is 0 Å². The van der Waals surface area contributed by atoms with Crippen molar-refractivity contribution in [3.05, 3.63) is 17.8 Å². The van der Waals surface area contributed by atoms with E-state index in [0.717, 1.165) is 18.5 Å². The van der Waals surface area contributed by atoms with Crippen LogP contribution in [-0.4, -0.2) is 41.3 Å².